The number of ether oxygens (including phenoxy) is 2. The second-order valence-electron chi connectivity index (χ2n) is 7.38. The second-order valence-corrected chi connectivity index (χ2v) is 7.38. The van der Waals surface area contributed by atoms with Gasteiger partial charge in [0.05, 0.1) is 11.0 Å². The molecule has 9 heteroatoms. The van der Waals surface area contributed by atoms with Crippen LogP contribution in [0.4, 0.5) is 15.3 Å². The SMILES string of the molecule is CC(C)[C@@H](CNC(=O)OCc1ccc([N+](=O)[O-])cc1)NC(=O)OC(C)(C)C. The summed E-state index contributed by atoms with van der Waals surface area (Å²) < 4.78 is 10.3. The van der Waals surface area contributed by atoms with Gasteiger partial charge in [-0.2, -0.15) is 0 Å². The number of benzene rings is 1. The molecule has 0 bridgehead atoms. The van der Waals surface area contributed by atoms with Gasteiger partial charge in [0.2, 0.25) is 0 Å². The molecule has 1 aromatic rings. The molecular formula is C18H27N3O6. The van der Waals surface area contributed by atoms with Crippen molar-refractivity contribution >= 4 is 17.9 Å². The predicted octanol–water partition coefficient (Wildman–Crippen LogP) is 3.37. The number of carbonyl (C=O) groups excluding carboxylic acids is 2. The van der Waals surface area contributed by atoms with E-state index in [-0.39, 0.29) is 30.8 Å². The number of amides is 2. The van der Waals surface area contributed by atoms with Crippen LogP contribution in [0.2, 0.25) is 0 Å². The molecule has 2 N–H and O–H groups in total. The molecular weight excluding hydrogens is 354 g/mol. The van der Waals surface area contributed by atoms with Crippen molar-refractivity contribution in [1.82, 2.24) is 10.6 Å². The van der Waals surface area contributed by atoms with Gasteiger partial charge in [0, 0.05) is 18.7 Å². The van der Waals surface area contributed by atoms with Crippen molar-refractivity contribution in [2.24, 2.45) is 5.92 Å². The van der Waals surface area contributed by atoms with E-state index in [4.69, 9.17) is 9.47 Å². The Kier molecular flexibility index (Phi) is 8.01. The van der Waals surface area contributed by atoms with Crippen LogP contribution in [0.25, 0.3) is 0 Å². The summed E-state index contributed by atoms with van der Waals surface area (Å²) in [5.74, 6) is 0.0625. The molecule has 0 aromatic heterocycles. The van der Waals surface area contributed by atoms with Gasteiger partial charge in [0.25, 0.3) is 5.69 Å². The molecule has 1 rings (SSSR count). The van der Waals surface area contributed by atoms with Gasteiger partial charge < -0.3 is 20.1 Å². The summed E-state index contributed by atoms with van der Waals surface area (Å²) in [6.07, 6.45) is -1.20. The Morgan fingerprint density at radius 2 is 1.74 bits per heavy atom. The number of rotatable bonds is 7. The number of nitro groups is 1. The van der Waals surface area contributed by atoms with Gasteiger partial charge in [0.1, 0.15) is 12.2 Å². The molecule has 0 unspecified atom stereocenters. The van der Waals surface area contributed by atoms with Crippen molar-refractivity contribution in [2.45, 2.75) is 52.9 Å². The van der Waals surface area contributed by atoms with Crippen LogP contribution >= 0.6 is 0 Å². The van der Waals surface area contributed by atoms with Crippen molar-refractivity contribution in [3.8, 4) is 0 Å². The molecule has 0 radical (unpaired) electrons. The van der Waals surface area contributed by atoms with Crippen LogP contribution in [0.5, 0.6) is 0 Å². The maximum Gasteiger partial charge on any atom is 0.407 e. The molecule has 0 saturated heterocycles. The number of carbonyl (C=O) groups is 2. The fourth-order valence-corrected chi connectivity index (χ4v) is 2.02. The third-order valence-electron chi connectivity index (χ3n) is 3.49. The minimum atomic E-state index is -0.648. The van der Waals surface area contributed by atoms with Gasteiger partial charge in [-0.25, -0.2) is 9.59 Å². The number of nitrogens with zero attached hydrogens (tertiary/aromatic N) is 1. The molecule has 150 valence electrons. The largest absolute Gasteiger partial charge is 0.445 e. The maximum absolute atomic E-state index is 11.9. The Morgan fingerprint density at radius 3 is 2.22 bits per heavy atom. The number of hydrogen-bond acceptors (Lipinski definition) is 6. The highest BCUT2D eigenvalue weighted by Crippen LogP contribution is 2.12. The maximum atomic E-state index is 11.9. The third kappa shape index (κ3) is 8.89. The zero-order chi connectivity index (χ0) is 20.6. The van der Waals surface area contributed by atoms with Crippen molar-refractivity contribution in [3.63, 3.8) is 0 Å². The predicted molar refractivity (Wildman–Crippen MR) is 99.3 cm³/mol. The lowest BCUT2D eigenvalue weighted by Gasteiger charge is -2.25. The minimum Gasteiger partial charge on any atom is -0.445 e. The first-order valence-electron chi connectivity index (χ1n) is 8.61. The Hall–Kier alpha value is -2.84. The molecule has 27 heavy (non-hydrogen) atoms. The molecule has 9 nitrogen and oxygen atoms in total. The van der Waals surface area contributed by atoms with Crippen molar-refractivity contribution in [2.75, 3.05) is 6.54 Å². The summed E-state index contributed by atoms with van der Waals surface area (Å²) in [6, 6.07) is 5.40. The monoisotopic (exact) mass is 381 g/mol. The lowest BCUT2D eigenvalue weighted by atomic mass is 10.1. The highest BCUT2D eigenvalue weighted by Gasteiger charge is 2.22. The van der Waals surface area contributed by atoms with Crippen molar-refractivity contribution in [3.05, 3.63) is 39.9 Å². The van der Waals surface area contributed by atoms with E-state index in [2.05, 4.69) is 10.6 Å². The number of nitrogens with one attached hydrogen (secondary N) is 2. The summed E-state index contributed by atoms with van der Waals surface area (Å²) in [7, 11) is 0. The summed E-state index contributed by atoms with van der Waals surface area (Å²) in [5, 5.41) is 15.9. The Labute approximate surface area is 158 Å². The number of non-ortho nitro benzene ring substituents is 1. The molecule has 2 amide bonds. The van der Waals surface area contributed by atoms with Crippen LogP contribution in [0.15, 0.2) is 24.3 Å². The van der Waals surface area contributed by atoms with Gasteiger partial charge in [-0.05, 0) is 44.4 Å². The standard InChI is InChI=1S/C18H27N3O6/c1-12(2)15(20-17(23)27-18(3,4)5)10-19-16(22)26-11-13-6-8-14(9-7-13)21(24)25/h6-9,12,15H,10-11H2,1-5H3,(H,19,22)(H,20,23)/t15-/m1/s1. The first-order valence-corrected chi connectivity index (χ1v) is 8.61. The molecule has 0 aliphatic rings. The fourth-order valence-electron chi connectivity index (χ4n) is 2.02. The van der Waals surface area contributed by atoms with E-state index in [1.807, 2.05) is 13.8 Å². The first-order chi connectivity index (χ1) is 12.5. The van der Waals surface area contributed by atoms with Crippen molar-refractivity contribution in [1.29, 1.82) is 0 Å². The number of alkyl carbamates (subject to hydrolysis) is 2. The summed E-state index contributed by atoms with van der Waals surface area (Å²) in [5.41, 5.74) is -0.0119. The van der Waals surface area contributed by atoms with Crippen LogP contribution in [0, 0.1) is 16.0 Å². The zero-order valence-electron chi connectivity index (χ0n) is 16.3. The third-order valence-corrected chi connectivity index (χ3v) is 3.49. The molecule has 0 heterocycles. The molecule has 1 atom stereocenters. The molecule has 0 fully saturated rings. The molecule has 0 aliphatic heterocycles. The van der Waals surface area contributed by atoms with Crippen LogP contribution in [0.3, 0.4) is 0 Å². The van der Waals surface area contributed by atoms with E-state index in [1.54, 1.807) is 20.8 Å². The highest BCUT2D eigenvalue weighted by molar-refractivity contribution is 5.69. The lowest BCUT2D eigenvalue weighted by molar-refractivity contribution is -0.384. The highest BCUT2D eigenvalue weighted by atomic mass is 16.6. The topological polar surface area (TPSA) is 120 Å². The van der Waals surface area contributed by atoms with E-state index >= 15 is 0 Å². The average molecular weight is 381 g/mol. The molecule has 0 spiro atoms. The van der Waals surface area contributed by atoms with Gasteiger partial charge in [0.15, 0.2) is 0 Å². The van der Waals surface area contributed by atoms with E-state index in [0.717, 1.165) is 0 Å². The lowest BCUT2D eigenvalue weighted by Crippen LogP contribution is -2.48. The average Bonchev–Trinajstić information content (AvgIpc) is 2.55. The normalized spacial score (nSPS) is 12.2. The summed E-state index contributed by atoms with van der Waals surface area (Å²) >= 11 is 0. The summed E-state index contributed by atoms with van der Waals surface area (Å²) in [4.78, 5) is 33.8. The smallest absolute Gasteiger partial charge is 0.407 e. The Balaban J connectivity index is 2.45. The molecule has 0 aliphatic carbocycles. The van der Waals surface area contributed by atoms with Crippen LogP contribution < -0.4 is 10.6 Å². The number of nitro benzene ring substituents is 1. The van der Waals surface area contributed by atoms with Crippen LogP contribution in [-0.4, -0.2) is 35.3 Å². The quantitative estimate of drug-likeness (QED) is 0.552. The van der Waals surface area contributed by atoms with E-state index in [1.165, 1.54) is 24.3 Å². The van der Waals surface area contributed by atoms with Gasteiger partial charge >= 0.3 is 12.2 Å². The minimum absolute atomic E-state index is 0.0182. The van der Waals surface area contributed by atoms with Gasteiger partial charge in [-0.15, -0.1) is 0 Å². The fraction of sp³-hybridized carbons (Fsp3) is 0.556. The number of hydrogen-bond donors (Lipinski definition) is 2. The van der Waals surface area contributed by atoms with E-state index < -0.39 is 22.7 Å². The van der Waals surface area contributed by atoms with E-state index in [0.29, 0.717) is 5.56 Å². The molecule has 1 aromatic carbocycles. The van der Waals surface area contributed by atoms with Crippen LogP contribution in [0.1, 0.15) is 40.2 Å². The second kappa shape index (κ2) is 9.75. The van der Waals surface area contributed by atoms with E-state index in [9.17, 15) is 19.7 Å². The summed E-state index contributed by atoms with van der Waals surface area (Å²) in [6.45, 7) is 9.28. The van der Waals surface area contributed by atoms with Crippen molar-refractivity contribution < 1.29 is 24.0 Å². The Bertz CT molecular complexity index is 652. The van der Waals surface area contributed by atoms with Gasteiger partial charge in [-0.1, -0.05) is 13.8 Å². The Morgan fingerprint density at radius 1 is 1.15 bits per heavy atom. The van der Waals surface area contributed by atoms with Gasteiger partial charge in [-0.3, -0.25) is 10.1 Å². The van der Waals surface area contributed by atoms with Crippen LogP contribution in [-0.2, 0) is 16.1 Å². The first kappa shape index (κ1) is 22.2. The zero-order valence-corrected chi connectivity index (χ0v) is 16.3. The molecule has 0 saturated carbocycles.